The predicted molar refractivity (Wildman–Crippen MR) is 220 cm³/mol. The van der Waals surface area contributed by atoms with Crippen LogP contribution in [0.1, 0.15) is 65.5 Å². The number of hydrogen-bond donors (Lipinski definition) is 10. The molecule has 1 saturated heterocycles. The third kappa shape index (κ3) is 17.9. The van der Waals surface area contributed by atoms with Crippen LogP contribution < -0.4 is 16.4 Å². The maximum Gasteiger partial charge on any atom is 0.481 e. The number of anilines is 1. The summed E-state index contributed by atoms with van der Waals surface area (Å²) < 4.78 is 62.2. The van der Waals surface area contributed by atoms with Crippen LogP contribution in [-0.4, -0.2) is 134 Å². The monoisotopic (exact) mass is 961 g/mol. The first-order valence-corrected chi connectivity index (χ1v) is 24.5. The molecule has 0 aromatic carbocycles. The van der Waals surface area contributed by atoms with Crippen molar-refractivity contribution in [3.63, 3.8) is 0 Å². The number of aromatic nitrogens is 4. The average molecular weight is 962 g/mol. The van der Waals surface area contributed by atoms with E-state index in [1.54, 1.807) is 0 Å². The normalized spacial score (nSPS) is 21.5. The molecule has 11 N–H and O–H groups in total. The molecule has 2 aromatic rings. The predicted octanol–water partition coefficient (Wildman–Crippen LogP) is 1.11. The molecule has 8 atom stereocenters. The number of ether oxygens (including phenoxy) is 1. The maximum absolute atomic E-state index is 12.7. The number of nitrogens with zero attached hydrogens (tertiary/aromatic N) is 4. The zero-order valence-corrected chi connectivity index (χ0v) is 37.4. The van der Waals surface area contributed by atoms with Gasteiger partial charge >= 0.3 is 23.5 Å². The van der Waals surface area contributed by atoms with Gasteiger partial charge in [-0.15, -0.1) is 0 Å². The van der Waals surface area contributed by atoms with Crippen molar-refractivity contribution in [2.75, 3.05) is 37.8 Å². The van der Waals surface area contributed by atoms with Crippen molar-refractivity contribution in [2.45, 2.75) is 96.0 Å². The Morgan fingerprint density at radius 3 is 2.40 bits per heavy atom. The highest BCUT2D eigenvalue weighted by molar-refractivity contribution is 8.13. The van der Waals surface area contributed by atoms with E-state index in [2.05, 4.69) is 34.4 Å². The van der Waals surface area contributed by atoms with Crippen LogP contribution in [-0.2, 0) is 50.7 Å². The average Bonchev–Trinajstić information content (AvgIpc) is 3.74. The molecule has 0 spiro atoms. The number of nitrogens with two attached hydrogens (primary N) is 1. The molecule has 0 bridgehead atoms. The molecule has 1 fully saturated rings. The fourth-order valence-electron chi connectivity index (χ4n) is 5.50. The Bertz CT molecular complexity index is 2020. The maximum atomic E-state index is 12.7. The van der Waals surface area contributed by atoms with Gasteiger partial charge in [-0.1, -0.05) is 56.8 Å². The number of rotatable bonds is 27. The Labute approximate surface area is 360 Å². The number of carbonyl (C=O) groups excluding carboxylic acids is 3. The van der Waals surface area contributed by atoms with Gasteiger partial charge in [0.2, 0.25) is 11.8 Å². The van der Waals surface area contributed by atoms with Crippen LogP contribution in [0.3, 0.4) is 0 Å². The molecule has 2 aromatic heterocycles. The summed E-state index contributed by atoms with van der Waals surface area (Å²) in [5, 5.41) is 36.4. The van der Waals surface area contributed by atoms with Gasteiger partial charge in [0.25, 0.3) is 0 Å². The lowest BCUT2D eigenvalue weighted by Crippen LogP contribution is -2.46. The fourth-order valence-corrected chi connectivity index (χ4v) is 9.05. The zero-order chi connectivity index (χ0) is 46.3. The lowest BCUT2D eigenvalue weighted by molar-refractivity contribution is -0.137. The SMILES string of the molecule is CC/C=C/C=C/CC(O)CCCC(=O)SCCNC(=O)CCNC(=O)C(O)C(C)(C)COP(=O)(O)OP(=O)(O)OCC1OC(n2cnc3c(N)ncnc32)C(O)C1OP(=O)(O)O. The van der Waals surface area contributed by atoms with E-state index in [-0.39, 0.29) is 48.0 Å². The van der Waals surface area contributed by atoms with Gasteiger partial charge in [-0.3, -0.25) is 32.5 Å². The second-order valence-corrected chi connectivity index (χ2v) is 19.7. The molecule has 0 radical (unpaired) electrons. The van der Waals surface area contributed by atoms with Crippen molar-refractivity contribution < 1.29 is 85.6 Å². The molecule has 350 valence electrons. The van der Waals surface area contributed by atoms with Gasteiger partial charge in [0.15, 0.2) is 22.8 Å². The number of amides is 2. The number of thioether (sulfide) groups is 1. The lowest BCUT2D eigenvalue weighted by atomic mass is 9.87. The number of aliphatic hydroxyl groups excluding tert-OH is 3. The fraction of sp³-hybridized carbons (Fsp3) is 0.636. The van der Waals surface area contributed by atoms with Crippen LogP contribution in [0.5, 0.6) is 0 Å². The first-order chi connectivity index (χ1) is 28.9. The third-order valence-corrected chi connectivity index (χ3v) is 12.7. The molecule has 3 heterocycles. The van der Waals surface area contributed by atoms with E-state index in [9.17, 15) is 63.0 Å². The topological polar surface area (TPSA) is 384 Å². The number of nitrogen functional groups attached to an aromatic ring is 1. The molecule has 0 aliphatic carbocycles. The van der Waals surface area contributed by atoms with E-state index >= 15 is 0 Å². The molecule has 62 heavy (non-hydrogen) atoms. The molecule has 2 amide bonds. The summed E-state index contributed by atoms with van der Waals surface area (Å²) in [5.41, 5.74) is 4.24. The van der Waals surface area contributed by atoms with Crippen molar-refractivity contribution in [1.29, 1.82) is 0 Å². The van der Waals surface area contributed by atoms with E-state index in [4.69, 9.17) is 19.5 Å². The largest absolute Gasteiger partial charge is 0.481 e. The molecule has 0 saturated carbocycles. The van der Waals surface area contributed by atoms with Crippen LogP contribution in [0, 0.1) is 5.41 Å². The molecular formula is C33H54N7O18P3S. The smallest absolute Gasteiger partial charge is 0.393 e. The molecule has 1 aliphatic rings. The van der Waals surface area contributed by atoms with E-state index in [1.807, 2.05) is 31.2 Å². The first kappa shape index (κ1) is 53.3. The number of phosphoric ester groups is 3. The minimum atomic E-state index is -5.58. The Morgan fingerprint density at radius 2 is 1.71 bits per heavy atom. The summed E-state index contributed by atoms with van der Waals surface area (Å²) in [4.78, 5) is 88.0. The second kappa shape index (κ2) is 24.3. The molecule has 25 nitrogen and oxygen atoms in total. The number of aliphatic hydroxyl groups is 3. The van der Waals surface area contributed by atoms with Gasteiger partial charge in [0.05, 0.1) is 25.6 Å². The van der Waals surface area contributed by atoms with Gasteiger partial charge in [0, 0.05) is 37.1 Å². The highest BCUT2D eigenvalue weighted by Crippen LogP contribution is 2.61. The van der Waals surface area contributed by atoms with Crippen molar-refractivity contribution >= 4 is 69.1 Å². The molecule has 8 unspecified atom stereocenters. The first-order valence-electron chi connectivity index (χ1n) is 19.0. The minimum Gasteiger partial charge on any atom is -0.393 e. The summed E-state index contributed by atoms with van der Waals surface area (Å²) in [6.07, 6.45) is 2.81. The number of nitrogens with one attached hydrogen (secondary N) is 2. The van der Waals surface area contributed by atoms with Crippen LogP contribution in [0.2, 0.25) is 0 Å². The van der Waals surface area contributed by atoms with Gasteiger partial charge in [-0.2, -0.15) is 4.31 Å². The summed E-state index contributed by atoms with van der Waals surface area (Å²) in [7, 11) is -16.4. The summed E-state index contributed by atoms with van der Waals surface area (Å²) in [6.45, 7) is 2.43. The highest BCUT2D eigenvalue weighted by atomic mass is 32.2. The highest BCUT2D eigenvalue weighted by Gasteiger charge is 2.50. The van der Waals surface area contributed by atoms with Crippen LogP contribution in [0.15, 0.2) is 37.0 Å². The van der Waals surface area contributed by atoms with E-state index < -0.39 is 90.7 Å². The van der Waals surface area contributed by atoms with E-state index in [0.717, 1.165) is 35.4 Å². The van der Waals surface area contributed by atoms with Crippen LogP contribution in [0.4, 0.5) is 5.82 Å². The number of hydrogen-bond acceptors (Lipinski definition) is 19. The zero-order valence-electron chi connectivity index (χ0n) is 33.9. The van der Waals surface area contributed by atoms with Gasteiger partial charge in [0.1, 0.15) is 36.3 Å². The minimum absolute atomic E-state index is 0.0263. The van der Waals surface area contributed by atoms with E-state index in [1.165, 1.54) is 13.8 Å². The summed E-state index contributed by atoms with van der Waals surface area (Å²) >= 11 is 1.04. The van der Waals surface area contributed by atoms with Gasteiger partial charge in [-0.25, -0.2) is 28.6 Å². The van der Waals surface area contributed by atoms with E-state index in [0.29, 0.717) is 25.0 Å². The van der Waals surface area contributed by atoms with Gasteiger partial charge in [-0.05, 0) is 25.7 Å². The number of phosphoric acid groups is 3. The van der Waals surface area contributed by atoms with Crippen molar-refractivity contribution in [2.24, 2.45) is 5.41 Å². The van der Waals surface area contributed by atoms with Crippen LogP contribution in [0.25, 0.3) is 11.2 Å². The third-order valence-electron chi connectivity index (χ3n) is 8.71. The van der Waals surface area contributed by atoms with Crippen molar-refractivity contribution in [3.8, 4) is 0 Å². The second-order valence-electron chi connectivity index (χ2n) is 14.3. The Hall–Kier alpha value is -3.00. The Balaban J connectivity index is 1.40. The number of fused-ring (bicyclic) bond motifs is 1. The van der Waals surface area contributed by atoms with Gasteiger partial charge < -0.3 is 56.0 Å². The summed E-state index contributed by atoms with van der Waals surface area (Å²) in [5.74, 6) is -1.19. The molecule has 1 aliphatic heterocycles. The number of carbonyl (C=O) groups is 3. The standard InChI is InChI=1S/C33H54N7O18P3S/c1-4-5-6-7-8-10-21(41)11-9-12-24(43)62-16-15-35-23(42)13-14-36-31(46)28(45)33(2,3)18-55-61(52,53)58-60(50,51)54-17-22-27(57-59(47,48)49)26(44)32(56-22)40-20-39-25-29(34)37-19-38-30(25)40/h5-8,19-22,26-28,32,41,44-45H,4,9-18H2,1-3H3,(H,35,42)(H,36,46)(H,50,51)(H,52,53)(H2,34,37,38)(H2,47,48,49)/b6-5+,8-7+. The summed E-state index contributed by atoms with van der Waals surface area (Å²) in [6, 6.07) is 0. The quantitative estimate of drug-likeness (QED) is 0.0340. The molecule has 3 rings (SSSR count). The Morgan fingerprint density at radius 1 is 1.02 bits per heavy atom. The van der Waals surface area contributed by atoms with Crippen molar-refractivity contribution in [1.82, 2.24) is 30.2 Å². The number of allylic oxidation sites excluding steroid dienone is 3. The Kier molecular flexibility index (Phi) is 20.9. The lowest BCUT2D eigenvalue weighted by Gasteiger charge is -2.30. The molecule has 29 heteroatoms. The van der Waals surface area contributed by atoms with Crippen LogP contribution >= 0.6 is 35.2 Å². The molecular weight excluding hydrogens is 907 g/mol. The van der Waals surface area contributed by atoms with Crippen molar-refractivity contribution in [3.05, 3.63) is 37.0 Å². The number of imidazole rings is 1.